The second-order valence-corrected chi connectivity index (χ2v) is 7.32. The summed E-state index contributed by atoms with van der Waals surface area (Å²) in [6.45, 7) is 4.69. The van der Waals surface area contributed by atoms with Crippen molar-refractivity contribution >= 4 is 29.3 Å². The molecule has 0 aromatic heterocycles. The number of carbonyl (C=O) groups excluding carboxylic acids is 1. The zero-order valence-corrected chi connectivity index (χ0v) is 17.3. The van der Waals surface area contributed by atoms with E-state index in [1.165, 1.54) is 10.5 Å². The van der Waals surface area contributed by atoms with Crippen LogP contribution in [-0.2, 0) is 11.4 Å². The molecule has 1 amide bonds. The predicted molar refractivity (Wildman–Crippen MR) is 114 cm³/mol. The molecule has 1 saturated heterocycles. The lowest BCUT2D eigenvalue weighted by Gasteiger charge is -2.12. The van der Waals surface area contributed by atoms with Gasteiger partial charge in [-0.15, -0.1) is 0 Å². The summed E-state index contributed by atoms with van der Waals surface area (Å²) >= 11 is 5.11. The predicted octanol–water partition coefficient (Wildman–Crippen LogP) is 4.09. The van der Waals surface area contributed by atoms with Crippen molar-refractivity contribution in [2.24, 2.45) is 0 Å². The Morgan fingerprint density at radius 1 is 1.18 bits per heavy atom. The van der Waals surface area contributed by atoms with Crippen LogP contribution in [0.3, 0.4) is 0 Å². The third-order valence-corrected chi connectivity index (χ3v) is 5.01. The molecule has 0 saturated carbocycles. The van der Waals surface area contributed by atoms with E-state index in [0.717, 1.165) is 22.6 Å². The average Bonchev–Trinajstić information content (AvgIpc) is 2.93. The molecule has 1 fully saturated rings. The Morgan fingerprint density at radius 3 is 2.46 bits per heavy atom. The fourth-order valence-corrected chi connectivity index (χ4v) is 3.09. The largest absolute Gasteiger partial charge is 0.496 e. The first-order valence-electron chi connectivity index (χ1n) is 9.09. The number of carbonyl (C=O) groups is 1. The number of likely N-dealkylation sites (N-methyl/N-ethyl adjacent to an activating group) is 1. The van der Waals surface area contributed by atoms with Crippen molar-refractivity contribution in [1.82, 2.24) is 10.2 Å². The van der Waals surface area contributed by atoms with Gasteiger partial charge in [-0.2, -0.15) is 0 Å². The van der Waals surface area contributed by atoms with Crippen LogP contribution in [0.4, 0.5) is 0 Å². The van der Waals surface area contributed by atoms with Crippen LogP contribution >= 0.6 is 12.2 Å². The van der Waals surface area contributed by atoms with Crippen molar-refractivity contribution < 1.29 is 14.3 Å². The second-order valence-electron chi connectivity index (χ2n) is 6.94. The van der Waals surface area contributed by atoms with Gasteiger partial charge < -0.3 is 14.8 Å². The summed E-state index contributed by atoms with van der Waals surface area (Å²) in [4.78, 5) is 13.6. The van der Waals surface area contributed by atoms with E-state index in [9.17, 15) is 4.79 Å². The Kier molecular flexibility index (Phi) is 5.99. The van der Waals surface area contributed by atoms with Gasteiger partial charge in [0.05, 0.1) is 7.11 Å². The van der Waals surface area contributed by atoms with E-state index in [-0.39, 0.29) is 5.91 Å². The van der Waals surface area contributed by atoms with Crippen molar-refractivity contribution in [3.8, 4) is 11.5 Å². The lowest BCUT2D eigenvalue weighted by atomic mass is 10.0. The molecule has 146 valence electrons. The number of amides is 1. The van der Waals surface area contributed by atoms with Crippen LogP contribution in [0.1, 0.15) is 36.5 Å². The molecular formula is C22H24N2O3S. The smallest absolute Gasteiger partial charge is 0.276 e. The maximum atomic E-state index is 12.2. The summed E-state index contributed by atoms with van der Waals surface area (Å²) in [5.74, 6) is 1.87. The van der Waals surface area contributed by atoms with Gasteiger partial charge in [-0.3, -0.25) is 9.69 Å². The highest BCUT2D eigenvalue weighted by molar-refractivity contribution is 7.80. The zero-order valence-electron chi connectivity index (χ0n) is 16.5. The SMILES string of the molecule is COc1ccc(/C=C2/NC(=S)N(C)C2=O)cc1COc1ccc(C(C)C)cc1. The summed E-state index contributed by atoms with van der Waals surface area (Å²) in [7, 11) is 3.28. The van der Waals surface area contributed by atoms with Crippen LogP contribution in [0.5, 0.6) is 11.5 Å². The first-order valence-corrected chi connectivity index (χ1v) is 9.50. The molecule has 3 rings (SSSR count). The first kappa shape index (κ1) is 19.9. The molecule has 6 heteroatoms. The highest BCUT2D eigenvalue weighted by Gasteiger charge is 2.26. The fourth-order valence-electron chi connectivity index (χ4n) is 2.90. The van der Waals surface area contributed by atoms with Crippen molar-refractivity contribution in [2.45, 2.75) is 26.4 Å². The van der Waals surface area contributed by atoms with Crippen LogP contribution in [-0.4, -0.2) is 30.1 Å². The molecule has 1 heterocycles. The Bertz CT molecular complexity index is 920. The molecule has 0 aliphatic carbocycles. The normalized spacial score (nSPS) is 15.3. The lowest BCUT2D eigenvalue weighted by Crippen LogP contribution is -2.25. The maximum Gasteiger partial charge on any atom is 0.276 e. The molecule has 1 aliphatic rings. The van der Waals surface area contributed by atoms with Crippen molar-refractivity contribution in [3.05, 3.63) is 64.9 Å². The number of thiocarbonyl (C=S) groups is 1. The molecule has 0 spiro atoms. The molecule has 2 aromatic rings. The molecule has 0 atom stereocenters. The average molecular weight is 397 g/mol. The molecule has 28 heavy (non-hydrogen) atoms. The fraction of sp³-hybridized carbons (Fsp3) is 0.273. The van der Waals surface area contributed by atoms with Gasteiger partial charge in [0.2, 0.25) is 0 Å². The van der Waals surface area contributed by atoms with Crippen LogP contribution in [0, 0.1) is 0 Å². The Hall–Kier alpha value is -2.86. The quantitative estimate of drug-likeness (QED) is 0.589. The van der Waals surface area contributed by atoms with Gasteiger partial charge in [0.1, 0.15) is 23.8 Å². The Balaban J connectivity index is 1.78. The molecule has 1 aliphatic heterocycles. The van der Waals surface area contributed by atoms with Crippen molar-refractivity contribution in [3.63, 3.8) is 0 Å². The first-order chi connectivity index (χ1) is 13.4. The third-order valence-electron chi connectivity index (χ3n) is 4.64. The second kappa shape index (κ2) is 8.44. The van der Waals surface area contributed by atoms with Crippen molar-refractivity contribution in [2.75, 3.05) is 14.2 Å². The number of methoxy groups -OCH3 is 1. The summed E-state index contributed by atoms with van der Waals surface area (Å²) < 4.78 is 11.4. The number of benzene rings is 2. The van der Waals surface area contributed by atoms with E-state index < -0.39 is 0 Å². The Morgan fingerprint density at radius 2 is 1.89 bits per heavy atom. The summed E-state index contributed by atoms with van der Waals surface area (Å²) in [6.07, 6.45) is 1.78. The van der Waals surface area contributed by atoms with Gasteiger partial charge >= 0.3 is 0 Å². The number of nitrogens with one attached hydrogen (secondary N) is 1. The molecular weight excluding hydrogens is 372 g/mol. The van der Waals surface area contributed by atoms with Gasteiger partial charge in [0.15, 0.2) is 5.11 Å². The van der Waals surface area contributed by atoms with Crippen LogP contribution < -0.4 is 14.8 Å². The van der Waals surface area contributed by atoms with Crippen LogP contribution in [0.2, 0.25) is 0 Å². The van der Waals surface area contributed by atoms with Gasteiger partial charge in [-0.1, -0.05) is 32.0 Å². The highest BCUT2D eigenvalue weighted by Crippen LogP contribution is 2.25. The minimum atomic E-state index is -0.149. The van der Waals surface area contributed by atoms with E-state index in [1.54, 1.807) is 20.2 Å². The van der Waals surface area contributed by atoms with Crippen molar-refractivity contribution in [1.29, 1.82) is 0 Å². The maximum absolute atomic E-state index is 12.2. The van der Waals surface area contributed by atoms with E-state index in [1.807, 2.05) is 30.3 Å². The molecule has 0 unspecified atom stereocenters. The monoisotopic (exact) mass is 396 g/mol. The molecule has 5 nitrogen and oxygen atoms in total. The van der Waals surface area contributed by atoms with Crippen LogP contribution in [0.15, 0.2) is 48.2 Å². The highest BCUT2D eigenvalue weighted by atomic mass is 32.1. The number of hydrogen-bond acceptors (Lipinski definition) is 4. The number of hydrogen-bond donors (Lipinski definition) is 1. The van der Waals surface area contributed by atoms with Gasteiger partial charge in [-0.25, -0.2) is 0 Å². The summed E-state index contributed by atoms with van der Waals surface area (Å²) in [6, 6.07) is 13.8. The minimum absolute atomic E-state index is 0.149. The number of rotatable bonds is 6. The van der Waals surface area contributed by atoms with Gasteiger partial charge in [0.25, 0.3) is 5.91 Å². The topological polar surface area (TPSA) is 50.8 Å². The molecule has 1 N–H and O–H groups in total. The molecule has 0 bridgehead atoms. The standard InChI is InChI=1S/C22H24N2O3S/c1-14(2)16-6-8-18(9-7-16)27-13-17-11-15(5-10-20(17)26-4)12-19-21(25)24(3)22(28)23-19/h5-12,14H,13H2,1-4H3,(H,23,28)/b19-12+. The van der Waals surface area contributed by atoms with E-state index in [2.05, 4.69) is 31.3 Å². The zero-order chi connectivity index (χ0) is 20.3. The summed E-state index contributed by atoms with van der Waals surface area (Å²) in [5, 5.41) is 3.33. The van der Waals surface area contributed by atoms with E-state index in [4.69, 9.17) is 21.7 Å². The van der Waals surface area contributed by atoms with Gasteiger partial charge in [-0.05, 0) is 59.6 Å². The van der Waals surface area contributed by atoms with Crippen LogP contribution in [0.25, 0.3) is 6.08 Å². The number of ether oxygens (including phenoxy) is 2. The van der Waals surface area contributed by atoms with Gasteiger partial charge in [0, 0.05) is 12.6 Å². The molecule has 2 aromatic carbocycles. The van der Waals surface area contributed by atoms with E-state index >= 15 is 0 Å². The minimum Gasteiger partial charge on any atom is -0.496 e. The summed E-state index contributed by atoms with van der Waals surface area (Å²) in [5.41, 5.74) is 3.48. The lowest BCUT2D eigenvalue weighted by molar-refractivity contribution is -0.121. The molecule has 0 radical (unpaired) electrons. The number of nitrogens with zero attached hydrogens (tertiary/aromatic N) is 1. The third kappa shape index (κ3) is 4.34. The Labute approximate surface area is 170 Å². The van der Waals surface area contributed by atoms with E-state index in [0.29, 0.717) is 23.3 Å².